The molecule has 0 aliphatic rings. The molecule has 0 radical (unpaired) electrons. The second kappa shape index (κ2) is 5.82. The summed E-state index contributed by atoms with van der Waals surface area (Å²) in [5.41, 5.74) is 6.72. The first-order valence-corrected chi connectivity index (χ1v) is 5.98. The molecule has 0 fully saturated rings. The molecule has 0 saturated heterocycles. The third-order valence-corrected chi connectivity index (χ3v) is 2.63. The Morgan fingerprint density at radius 1 is 1.59 bits per heavy atom. The Bertz CT molecular complexity index is 372. The van der Waals surface area contributed by atoms with Gasteiger partial charge in [-0.15, -0.1) is 0 Å². The SMILES string of the molecule is CCN(CC(C)C)C(=O)C(N)c1cnn(C)c1. The zero-order valence-electron chi connectivity index (χ0n) is 11.1. The highest BCUT2D eigenvalue weighted by Gasteiger charge is 2.22. The number of hydrogen-bond acceptors (Lipinski definition) is 3. The highest BCUT2D eigenvalue weighted by molar-refractivity contribution is 5.82. The van der Waals surface area contributed by atoms with Crippen LogP contribution < -0.4 is 5.73 Å². The smallest absolute Gasteiger partial charge is 0.244 e. The van der Waals surface area contributed by atoms with Gasteiger partial charge in [-0.25, -0.2) is 0 Å². The quantitative estimate of drug-likeness (QED) is 0.829. The molecule has 1 rings (SSSR count). The Hall–Kier alpha value is -1.36. The molecule has 17 heavy (non-hydrogen) atoms. The Balaban J connectivity index is 2.73. The lowest BCUT2D eigenvalue weighted by Crippen LogP contribution is -2.40. The molecule has 0 aliphatic carbocycles. The summed E-state index contributed by atoms with van der Waals surface area (Å²) in [4.78, 5) is 14.0. The number of nitrogens with two attached hydrogens (primary N) is 1. The number of hydrogen-bond donors (Lipinski definition) is 1. The van der Waals surface area contributed by atoms with Gasteiger partial charge >= 0.3 is 0 Å². The predicted molar refractivity (Wildman–Crippen MR) is 67.2 cm³/mol. The minimum atomic E-state index is -0.609. The Kier molecular flexibility index (Phi) is 4.69. The summed E-state index contributed by atoms with van der Waals surface area (Å²) in [6, 6.07) is -0.609. The zero-order chi connectivity index (χ0) is 13.0. The first-order valence-electron chi connectivity index (χ1n) is 5.98. The van der Waals surface area contributed by atoms with Crippen LogP contribution in [-0.4, -0.2) is 33.7 Å². The second-order valence-electron chi connectivity index (χ2n) is 4.70. The van der Waals surface area contributed by atoms with E-state index in [1.165, 1.54) is 0 Å². The van der Waals surface area contributed by atoms with E-state index in [0.717, 1.165) is 12.1 Å². The summed E-state index contributed by atoms with van der Waals surface area (Å²) in [6.45, 7) is 7.57. The Labute approximate surface area is 103 Å². The van der Waals surface area contributed by atoms with E-state index in [2.05, 4.69) is 18.9 Å². The van der Waals surface area contributed by atoms with Crippen LogP contribution in [0.2, 0.25) is 0 Å². The lowest BCUT2D eigenvalue weighted by molar-refractivity contribution is -0.133. The number of nitrogens with zero attached hydrogens (tertiary/aromatic N) is 3. The van der Waals surface area contributed by atoms with Gasteiger partial charge < -0.3 is 10.6 Å². The van der Waals surface area contributed by atoms with Crippen molar-refractivity contribution in [2.24, 2.45) is 18.7 Å². The number of carbonyl (C=O) groups is 1. The van der Waals surface area contributed by atoms with Crippen LogP contribution in [-0.2, 0) is 11.8 Å². The number of likely N-dealkylation sites (N-methyl/N-ethyl adjacent to an activating group) is 1. The number of rotatable bonds is 5. The first-order chi connectivity index (χ1) is 7.95. The molecule has 1 amide bonds. The van der Waals surface area contributed by atoms with Crippen molar-refractivity contribution in [2.45, 2.75) is 26.8 Å². The van der Waals surface area contributed by atoms with E-state index in [9.17, 15) is 4.79 Å². The van der Waals surface area contributed by atoms with Crippen LogP contribution in [0.1, 0.15) is 32.4 Å². The summed E-state index contributed by atoms with van der Waals surface area (Å²) in [7, 11) is 1.81. The first kappa shape index (κ1) is 13.7. The molecule has 0 aromatic carbocycles. The molecular formula is C12H22N4O. The average Bonchev–Trinajstić information content (AvgIpc) is 2.70. The molecule has 1 atom stereocenters. The van der Waals surface area contributed by atoms with E-state index in [-0.39, 0.29) is 5.91 Å². The standard InChI is InChI=1S/C12H22N4O/c1-5-16(7-9(2)3)12(17)11(13)10-6-14-15(4)8-10/h6,8-9,11H,5,7,13H2,1-4H3. The van der Waals surface area contributed by atoms with E-state index in [0.29, 0.717) is 12.5 Å². The lowest BCUT2D eigenvalue weighted by Gasteiger charge is -2.25. The summed E-state index contributed by atoms with van der Waals surface area (Å²) >= 11 is 0. The van der Waals surface area contributed by atoms with Crippen LogP contribution in [0.5, 0.6) is 0 Å². The lowest BCUT2D eigenvalue weighted by atomic mass is 10.1. The highest BCUT2D eigenvalue weighted by Crippen LogP contribution is 2.13. The van der Waals surface area contributed by atoms with Crippen molar-refractivity contribution in [1.29, 1.82) is 0 Å². The van der Waals surface area contributed by atoms with Crippen LogP contribution in [0, 0.1) is 5.92 Å². The Morgan fingerprint density at radius 3 is 2.65 bits per heavy atom. The van der Waals surface area contributed by atoms with E-state index >= 15 is 0 Å². The third kappa shape index (κ3) is 3.56. The molecule has 0 saturated carbocycles. The van der Waals surface area contributed by atoms with E-state index in [1.807, 2.05) is 14.0 Å². The molecule has 2 N–H and O–H groups in total. The van der Waals surface area contributed by atoms with Crippen molar-refractivity contribution in [3.8, 4) is 0 Å². The van der Waals surface area contributed by atoms with Gasteiger partial charge in [0.05, 0.1) is 6.20 Å². The van der Waals surface area contributed by atoms with Gasteiger partial charge in [-0.3, -0.25) is 9.48 Å². The van der Waals surface area contributed by atoms with E-state index < -0.39 is 6.04 Å². The molecule has 0 aliphatic heterocycles. The maximum absolute atomic E-state index is 12.2. The largest absolute Gasteiger partial charge is 0.341 e. The van der Waals surface area contributed by atoms with Crippen molar-refractivity contribution < 1.29 is 4.79 Å². The molecule has 5 nitrogen and oxygen atoms in total. The van der Waals surface area contributed by atoms with Crippen molar-refractivity contribution in [2.75, 3.05) is 13.1 Å². The van der Waals surface area contributed by atoms with Crippen LogP contribution >= 0.6 is 0 Å². The minimum absolute atomic E-state index is 0.0331. The van der Waals surface area contributed by atoms with Gasteiger partial charge in [0.15, 0.2) is 0 Å². The topological polar surface area (TPSA) is 64.2 Å². The maximum Gasteiger partial charge on any atom is 0.244 e. The van der Waals surface area contributed by atoms with Gasteiger partial charge in [0.25, 0.3) is 0 Å². The summed E-state index contributed by atoms with van der Waals surface area (Å²) in [6.07, 6.45) is 3.43. The van der Waals surface area contributed by atoms with Crippen molar-refractivity contribution in [3.05, 3.63) is 18.0 Å². The van der Waals surface area contributed by atoms with Gasteiger partial charge in [0, 0.05) is 31.9 Å². The normalized spacial score (nSPS) is 12.8. The fourth-order valence-electron chi connectivity index (χ4n) is 1.76. The number of carbonyl (C=O) groups excluding carboxylic acids is 1. The van der Waals surface area contributed by atoms with E-state index in [4.69, 9.17) is 5.73 Å². The number of aromatic nitrogens is 2. The van der Waals surface area contributed by atoms with E-state index in [1.54, 1.807) is 22.0 Å². The molecule has 96 valence electrons. The summed E-state index contributed by atoms with van der Waals surface area (Å²) < 4.78 is 1.65. The summed E-state index contributed by atoms with van der Waals surface area (Å²) in [5, 5.41) is 4.03. The molecule has 1 aromatic heterocycles. The molecule has 0 bridgehead atoms. The molecule has 0 spiro atoms. The molecular weight excluding hydrogens is 216 g/mol. The number of amides is 1. The van der Waals surface area contributed by atoms with Crippen LogP contribution in [0.3, 0.4) is 0 Å². The van der Waals surface area contributed by atoms with Gasteiger partial charge in [-0.2, -0.15) is 5.10 Å². The number of aryl methyl sites for hydroxylation is 1. The highest BCUT2D eigenvalue weighted by atomic mass is 16.2. The molecule has 1 heterocycles. The fraction of sp³-hybridized carbons (Fsp3) is 0.667. The predicted octanol–water partition coefficient (Wildman–Crippen LogP) is 0.924. The van der Waals surface area contributed by atoms with Gasteiger partial charge in [0.2, 0.25) is 5.91 Å². The molecule has 1 unspecified atom stereocenters. The maximum atomic E-state index is 12.2. The molecule has 5 heteroatoms. The van der Waals surface area contributed by atoms with Crippen LogP contribution in [0.25, 0.3) is 0 Å². The van der Waals surface area contributed by atoms with Gasteiger partial charge in [0.1, 0.15) is 6.04 Å². The molecule has 1 aromatic rings. The summed E-state index contributed by atoms with van der Waals surface area (Å²) in [5.74, 6) is 0.411. The monoisotopic (exact) mass is 238 g/mol. The van der Waals surface area contributed by atoms with Crippen molar-refractivity contribution in [3.63, 3.8) is 0 Å². The van der Waals surface area contributed by atoms with Gasteiger partial charge in [-0.05, 0) is 12.8 Å². The second-order valence-corrected chi connectivity index (χ2v) is 4.70. The van der Waals surface area contributed by atoms with Crippen molar-refractivity contribution >= 4 is 5.91 Å². The third-order valence-electron chi connectivity index (χ3n) is 2.63. The average molecular weight is 238 g/mol. The van der Waals surface area contributed by atoms with Gasteiger partial charge in [-0.1, -0.05) is 13.8 Å². The van der Waals surface area contributed by atoms with Crippen LogP contribution in [0.15, 0.2) is 12.4 Å². The van der Waals surface area contributed by atoms with Crippen LogP contribution in [0.4, 0.5) is 0 Å². The van der Waals surface area contributed by atoms with Crippen molar-refractivity contribution in [1.82, 2.24) is 14.7 Å². The minimum Gasteiger partial charge on any atom is -0.341 e. The zero-order valence-corrected chi connectivity index (χ0v) is 11.1. The fourth-order valence-corrected chi connectivity index (χ4v) is 1.76. The Morgan fingerprint density at radius 2 is 2.24 bits per heavy atom.